The molecule has 2 aromatic carbocycles. The molecular weight excluding hydrogens is 269 g/mol. The van der Waals surface area contributed by atoms with Crippen molar-refractivity contribution in [2.45, 2.75) is 27.3 Å². The Hall–Kier alpha value is -2.23. The molecule has 112 valence electrons. The van der Waals surface area contributed by atoms with Crippen molar-refractivity contribution in [3.63, 3.8) is 0 Å². The van der Waals surface area contributed by atoms with Gasteiger partial charge in [-0.2, -0.15) is 0 Å². The van der Waals surface area contributed by atoms with Crippen LogP contribution in [0.25, 0.3) is 0 Å². The highest BCUT2D eigenvalue weighted by atomic mass is 19.1. The van der Waals surface area contributed by atoms with Crippen LogP contribution in [0.15, 0.2) is 30.3 Å². The summed E-state index contributed by atoms with van der Waals surface area (Å²) >= 11 is 0. The van der Waals surface area contributed by atoms with Crippen molar-refractivity contribution in [2.24, 2.45) is 0 Å². The van der Waals surface area contributed by atoms with E-state index in [1.165, 1.54) is 6.07 Å². The zero-order valence-electron chi connectivity index (χ0n) is 12.5. The molecule has 0 saturated carbocycles. The third kappa shape index (κ3) is 3.66. The Balaban J connectivity index is 2.08. The Morgan fingerprint density at radius 1 is 1.14 bits per heavy atom. The van der Waals surface area contributed by atoms with E-state index in [2.05, 4.69) is 5.32 Å². The SMILES string of the molecule is CCOc1ccc(NCc2cc(C)c(O)c(C)c2)cc1F. The second kappa shape index (κ2) is 6.48. The van der Waals surface area contributed by atoms with Crippen molar-refractivity contribution in [1.29, 1.82) is 0 Å². The second-order valence-corrected chi connectivity index (χ2v) is 5.01. The van der Waals surface area contributed by atoms with Crippen molar-refractivity contribution >= 4 is 5.69 Å². The van der Waals surface area contributed by atoms with E-state index in [4.69, 9.17) is 4.74 Å². The van der Waals surface area contributed by atoms with Crippen molar-refractivity contribution in [3.8, 4) is 11.5 Å². The molecule has 0 aromatic heterocycles. The predicted octanol–water partition coefficient (Wildman–Crippen LogP) is 4.16. The van der Waals surface area contributed by atoms with Gasteiger partial charge in [-0.15, -0.1) is 0 Å². The molecule has 0 fully saturated rings. The number of halogens is 1. The highest BCUT2D eigenvalue weighted by Gasteiger charge is 2.06. The number of ether oxygens (including phenoxy) is 1. The maximum atomic E-state index is 13.7. The first kappa shape index (κ1) is 15.2. The number of benzene rings is 2. The lowest BCUT2D eigenvalue weighted by Crippen LogP contribution is -2.02. The summed E-state index contributed by atoms with van der Waals surface area (Å²) in [5, 5.41) is 12.9. The Bertz CT molecular complexity index is 618. The van der Waals surface area contributed by atoms with Gasteiger partial charge in [0.1, 0.15) is 5.75 Å². The zero-order valence-corrected chi connectivity index (χ0v) is 12.5. The van der Waals surface area contributed by atoms with Crippen LogP contribution in [-0.2, 0) is 6.54 Å². The predicted molar refractivity (Wildman–Crippen MR) is 82.5 cm³/mol. The van der Waals surface area contributed by atoms with Gasteiger partial charge in [0.25, 0.3) is 0 Å². The van der Waals surface area contributed by atoms with Crippen molar-refractivity contribution in [1.82, 2.24) is 0 Å². The van der Waals surface area contributed by atoms with Gasteiger partial charge in [0, 0.05) is 18.3 Å². The number of phenols is 1. The Morgan fingerprint density at radius 2 is 1.81 bits per heavy atom. The van der Waals surface area contributed by atoms with Gasteiger partial charge in [-0.25, -0.2) is 4.39 Å². The van der Waals surface area contributed by atoms with Crippen molar-refractivity contribution in [3.05, 3.63) is 52.8 Å². The third-order valence-corrected chi connectivity index (χ3v) is 3.28. The van der Waals surface area contributed by atoms with Gasteiger partial charge in [0.05, 0.1) is 6.61 Å². The topological polar surface area (TPSA) is 41.5 Å². The van der Waals surface area contributed by atoms with E-state index >= 15 is 0 Å². The van der Waals surface area contributed by atoms with Gasteiger partial charge in [-0.3, -0.25) is 0 Å². The van der Waals surface area contributed by atoms with Crippen molar-refractivity contribution in [2.75, 3.05) is 11.9 Å². The zero-order chi connectivity index (χ0) is 15.4. The van der Waals surface area contributed by atoms with E-state index in [-0.39, 0.29) is 11.6 Å². The lowest BCUT2D eigenvalue weighted by atomic mass is 10.1. The highest BCUT2D eigenvalue weighted by molar-refractivity contribution is 5.49. The fourth-order valence-corrected chi connectivity index (χ4v) is 2.24. The number of hydrogen-bond donors (Lipinski definition) is 2. The number of anilines is 1. The molecule has 0 unspecified atom stereocenters. The summed E-state index contributed by atoms with van der Waals surface area (Å²) in [6, 6.07) is 8.66. The molecule has 0 aliphatic rings. The first-order chi connectivity index (χ1) is 10.0. The largest absolute Gasteiger partial charge is 0.507 e. The van der Waals surface area contributed by atoms with Crippen LogP contribution >= 0.6 is 0 Å². The first-order valence-electron chi connectivity index (χ1n) is 6.96. The number of phenolic OH excluding ortho intramolecular Hbond substituents is 1. The molecule has 4 heteroatoms. The van der Waals surface area contributed by atoms with Crippen LogP contribution in [0.1, 0.15) is 23.6 Å². The smallest absolute Gasteiger partial charge is 0.167 e. The molecule has 0 aliphatic carbocycles. The fraction of sp³-hybridized carbons (Fsp3) is 0.294. The molecule has 0 atom stereocenters. The standard InChI is InChI=1S/C17H20FNO2/c1-4-21-16-6-5-14(9-15(16)18)19-10-13-7-11(2)17(20)12(3)8-13/h5-9,19-20H,4,10H2,1-3H3. The van der Waals surface area contributed by atoms with Crippen LogP contribution in [0.4, 0.5) is 10.1 Å². The van der Waals surface area contributed by atoms with Gasteiger partial charge in [0.15, 0.2) is 11.6 Å². The van der Waals surface area contributed by atoms with Crippen LogP contribution in [0.2, 0.25) is 0 Å². The van der Waals surface area contributed by atoms with Crippen LogP contribution in [0.5, 0.6) is 11.5 Å². The average Bonchev–Trinajstić information content (AvgIpc) is 2.45. The number of rotatable bonds is 5. The maximum absolute atomic E-state index is 13.7. The summed E-state index contributed by atoms with van der Waals surface area (Å²) in [7, 11) is 0. The molecule has 2 N–H and O–H groups in total. The first-order valence-corrected chi connectivity index (χ1v) is 6.96. The van der Waals surface area contributed by atoms with Gasteiger partial charge in [0.2, 0.25) is 0 Å². The molecular formula is C17H20FNO2. The molecule has 0 radical (unpaired) electrons. The number of aromatic hydroxyl groups is 1. The third-order valence-electron chi connectivity index (χ3n) is 3.28. The Morgan fingerprint density at radius 3 is 2.38 bits per heavy atom. The van der Waals surface area contributed by atoms with Crippen LogP contribution < -0.4 is 10.1 Å². The molecule has 0 heterocycles. The lowest BCUT2D eigenvalue weighted by Gasteiger charge is -2.11. The minimum Gasteiger partial charge on any atom is -0.507 e. The van der Waals surface area contributed by atoms with Gasteiger partial charge >= 0.3 is 0 Å². The summed E-state index contributed by atoms with van der Waals surface area (Å²) < 4.78 is 18.9. The maximum Gasteiger partial charge on any atom is 0.167 e. The lowest BCUT2D eigenvalue weighted by molar-refractivity contribution is 0.321. The fourth-order valence-electron chi connectivity index (χ4n) is 2.24. The number of nitrogens with one attached hydrogen (secondary N) is 1. The quantitative estimate of drug-likeness (QED) is 0.868. The summed E-state index contributed by atoms with van der Waals surface area (Å²) in [4.78, 5) is 0. The van der Waals surface area contributed by atoms with Crippen LogP contribution in [-0.4, -0.2) is 11.7 Å². The van der Waals surface area contributed by atoms with E-state index in [1.807, 2.05) is 32.9 Å². The number of aryl methyl sites for hydroxylation is 2. The molecule has 0 amide bonds. The minimum absolute atomic E-state index is 0.263. The van der Waals surface area contributed by atoms with Crippen LogP contribution in [0.3, 0.4) is 0 Å². The Kier molecular flexibility index (Phi) is 4.68. The molecule has 0 bridgehead atoms. The summed E-state index contributed by atoms with van der Waals surface area (Å²) in [6.07, 6.45) is 0. The molecule has 2 aromatic rings. The van der Waals surface area contributed by atoms with Gasteiger partial charge < -0.3 is 15.2 Å². The normalized spacial score (nSPS) is 10.5. The van der Waals surface area contributed by atoms with Crippen LogP contribution in [0, 0.1) is 19.7 Å². The van der Waals surface area contributed by atoms with E-state index in [0.29, 0.717) is 24.6 Å². The average molecular weight is 289 g/mol. The van der Waals surface area contributed by atoms with E-state index < -0.39 is 0 Å². The van der Waals surface area contributed by atoms with E-state index in [1.54, 1.807) is 12.1 Å². The van der Waals surface area contributed by atoms with Gasteiger partial charge in [-0.05, 0) is 49.6 Å². The minimum atomic E-state index is -0.375. The molecule has 21 heavy (non-hydrogen) atoms. The summed E-state index contributed by atoms with van der Waals surface area (Å²) in [5.41, 5.74) is 3.41. The van der Waals surface area contributed by atoms with Gasteiger partial charge in [-0.1, -0.05) is 12.1 Å². The summed E-state index contributed by atoms with van der Waals surface area (Å²) in [6.45, 7) is 6.55. The summed E-state index contributed by atoms with van der Waals surface area (Å²) in [5.74, 6) is 0.213. The van der Waals surface area contributed by atoms with E-state index in [9.17, 15) is 9.50 Å². The molecule has 2 rings (SSSR count). The van der Waals surface area contributed by atoms with Crippen molar-refractivity contribution < 1.29 is 14.2 Å². The molecule has 0 spiro atoms. The number of hydrogen-bond acceptors (Lipinski definition) is 3. The molecule has 0 saturated heterocycles. The monoisotopic (exact) mass is 289 g/mol. The Labute approximate surface area is 124 Å². The molecule has 3 nitrogen and oxygen atoms in total. The second-order valence-electron chi connectivity index (χ2n) is 5.01. The van der Waals surface area contributed by atoms with E-state index in [0.717, 1.165) is 16.7 Å². The highest BCUT2D eigenvalue weighted by Crippen LogP contribution is 2.24. The molecule has 0 aliphatic heterocycles.